The van der Waals surface area contributed by atoms with Crippen LogP contribution in [0.25, 0.3) is 0 Å². The molecule has 0 atom stereocenters. The number of aliphatic hydroxyl groups excluding tert-OH is 1. The Bertz CT molecular complexity index is 1670. The maximum atomic E-state index is 13.0. The molecule has 206 valence electrons. The first-order chi connectivity index (χ1) is 19.7. The molecule has 1 fully saturated rings. The van der Waals surface area contributed by atoms with Crippen molar-refractivity contribution in [1.29, 1.82) is 10.7 Å². The Kier molecular flexibility index (Phi) is 7.68. The Morgan fingerprint density at radius 1 is 1.17 bits per heavy atom. The number of hydrogen-bond donors (Lipinski definition) is 2. The number of nitriles is 1. The lowest BCUT2D eigenvalue weighted by atomic mass is 9.96. The number of rotatable bonds is 8. The number of hydrogen-bond acceptors (Lipinski definition) is 7. The largest absolute Gasteiger partial charge is 0.512 e. The fourth-order valence-electron chi connectivity index (χ4n) is 4.96. The van der Waals surface area contributed by atoms with Crippen LogP contribution < -0.4 is 9.64 Å². The molecular weight excluding hydrogens is 544 g/mol. The van der Waals surface area contributed by atoms with Crippen LogP contribution in [-0.4, -0.2) is 29.2 Å². The van der Waals surface area contributed by atoms with Gasteiger partial charge in [0.05, 0.1) is 33.2 Å². The summed E-state index contributed by atoms with van der Waals surface area (Å²) in [5.74, 6) is -0.600. The summed E-state index contributed by atoms with van der Waals surface area (Å²) >= 11 is 6.42. The zero-order valence-corrected chi connectivity index (χ0v) is 22.9. The second-order valence-corrected chi connectivity index (χ2v) is 10.4. The Hall–Kier alpha value is -4.81. The second kappa shape index (κ2) is 11.4. The minimum absolute atomic E-state index is 0.00169. The fraction of sp³-hybridized carbons (Fsp3) is 0.226. The monoisotopic (exact) mass is 568 g/mol. The van der Waals surface area contributed by atoms with Gasteiger partial charge in [0.2, 0.25) is 5.91 Å². The quantitative estimate of drug-likeness (QED) is 0.176. The molecule has 0 aromatic heterocycles. The number of anilines is 2. The summed E-state index contributed by atoms with van der Waals surface area (Å²) in [5, 5.41) is 32.3. The molecule has 0 radical (unpaired) electrons. The minimum atomic E-state index is -1.00. The highest BCUT2D eigenvalue weighted by Crippen LogP contribution is 2.40. The Morgan fingerprint density at radius 3 is 2.61 bits per heavy atom. The summed E-state index contributed by atoms with van der Waals surface area (Å²) in [7, 11) is 0. The van der Waals surface area contributed by atoms with E-state index >= 15 is 0 Å². The van der Waals surface area contributed by atoms with E-state index in [9.17, 15) is 24.9 Å². The zero-order valence-electron chi connectivity index (χ0n) is 22.1. The van der Waals surface area contributed by atoms with Crippen molar-refractivity contribution < 1.29 is 19.4 Å². The molecule has 1 heterocycles. The van der Waals surface area contributed by atoms with E-state index in [1.165, 1.54) is 23.1 Å². The topological polar surface area (TPSA) is 144 Å². The predicted octanol–water partition coefficient (Wildman–Crippen LogP) is 6.71. The van der Waals surface area contributed by atoms with Gasteiger partial charge < -0.3 is 9.84 Å². The van der Waals surface area contributed by atoms with Crippen molar-refractivity contribution in [2.45, 2.75) is 32.6 Å². The molecule has 3 aromatic carbocycles. The lowest BCUT2D eigenvalue weighted by molar-refractivity contribution is -0.118. The minimum Gasteiger partial charge on any atom is -0.512 e. The maximum absolute atomic E-state index is 13.0. The van der Waals surface area contributed by atoms with Crippen LogP contribution in [0.4, 0.5) is 11.4 Å². The highest BCUT2D eigenvalue weighted by molar-refractivity contribution is 6.35. The number of aliphatic hydroxyl groups is 1. The number of carbonyl (C=O) groups excluding carboxylic acids is 2. The number of allylic oxidation sites excluding steroid dienone is 1. The van der Waals surface area contributed by atoms with Crippen LogP contribution in [0, 0.1) is 34.5 Å². The van der Waals surface area contributed by atoms with Crippen LogP contribution in [0.1, 0.15) is 51.9 Å². The van der Waals surface area contributed by atoms with Gasteiger partial charge in [-0.15, -0.1) is 4.91 Å². The zero-order chi connectivity index (χ0) is 29.3. The first kappa shape index (κ1) is 27.7. The average molecular weight is 569 g/mol. The number of nitrogens with one attached hydrogen (secondary N) is 1. The van der Waals surface area contributed by atoms with Gasteiger partial charge in [-0.2, -0.15) is 5.26 Å². The first-order valence-corrected chi connectivity index (χ1v) is 13.4. The standard InChI is InChI=1S/C31H25ClN4O5/c1-17-3-2-4-24(32)28(17)29(34)23(30(38)18-5-6-18)16-41-22-9-11-25-19(14-22)8-12-27(37)36(25)26-10-7-20(31(39)35-40)13-21(26)15-33/h2-4,7,9-11,13-14,18,34,38H,5-6,8,12,16H2,1H3/b30-23-,34-29?. The number of benzene rings is 3. The van der Waals surface area contributed by atoms with Gasteiger partial charge in [0.25, 0.3) is 0 Å². The molecular formula is C31H25ClN4O5. The predicted molar refractivity (Wildman–Crippen MR) is 154 cm³/mol. The van der Waals surface area contributed by atoms with Gasteiger partial charge in [-0.25, -0.2) is 0 Å². The van der Waals surface area contributed by atoms with Crippen molar-refractivity contribution in [2.75, 3.05) is 11.5 Å². The number of nitroso groups, excluding NO2 is 1. The van der Waals surface area contributed by atoms with Gasteiger partial charge in [0.15, 0.2) is 0 Å². The van der Waals surface area contributed by atoms with Crippen molar-refractivity contribution in [3.05, 3.63) is 104 Å². The number of nitrogens with zero attached hydrogens (tertiary/aromatic N) is 3. The molecule has 2 amide bonds. The molecule has 2 N–H and O–H groups in total. The van der Waals surface area contributed by atoms with Crippen LogP contribution in [0.2, 0.25) is 5.02 Å². The van der Waals surface area contributed by atoms with Crippen LogP contribution in [-0.2, 0) is 11.2 Å². The molecule has 0 bridgehead atoms. The third-order valence-corrected chi connectivity index (χ3v) is 7.58. The molecule has 41 heavy (non-hydrogen) atoms. The van der Waals surface area contributed by atoms with Gasteiger partial charge >= 0.3 is 5.91 Å². The van der Waals surface area contributed by atoms with Crippen LogP contribution >= 0.6 is 11.6 Å². The summed E-state index contributed by atoms with van der Waals surface area (Å²) in [5.41, 5.74) is 3.52. The van der Waals surface area contributed by atoms with Gasteiger partial charge in [-0.05, 0) is 79.8 Å². The maximum Gasteiger partial charge on any atom is 0.316 e. The van der Waals surface area contributed by atoms with Crippen LogP contribution in [0.3, 0.4) is 0 Å². The highest BCUT2D eigenvalue weighted by atomic mass is 35.5. The Balaban J connectivity index is 1.44. The number of halogens is 1. The molecule has 0 unspecified atom stereocenters. The van der Waals surface area contributed by atoms with Crippen molar-refractivity contribution in [2.24, 2.45) is 11.1 Å². The summed E-state index contributed by atoms with van der Waals surface area (Å²) in [6.45, 7) is 1.81. The molecule has 1 aliphatic heterocycles. The van der Waals surface area contributed by atoms with E-state index in [0.717, 1.165) is 24.0 Å². The molecule has 9 nitrogen and oxygen atoms in total. The van der Waals surface area contributed by atoms with E-state index in [-0.39, 0.29) is 53.1 Å². The molecule has 5 rings (SSSR count). The second-order valence-electron chi connectivity index (χ2n) is 9.99. The third kappa shape index (κ3) is 5.47. The van der Waals surface area contributed by atoms with Crippen molar-refractivity contribution in [3.8, 4) is 11.8 Å². The summed E-state index contributed by atoms with van der Waals surface area (Å²) in [4.78, 5) is 36.8. The van der Waals surface area contributed by atoms with E-state index in [1.807, 2.05) is 25.1 Å². The lowest BCUT2D eigenvalue weighted by Gasteiger charge is -2.30. The Labute approximate surface area is 241 Å². The molecule has 2 aliphatic rings. The number of fused-ring (bicyclic) bond motifs is 1. The summed E-state index contributed by atoms with van der Waals surface area (Å²) in [6.07, 6.45) is 2.32. The smallest absolute Gasteiger partial charge is 0.316 e. The molecule has 0 spiro atoms. The number of amides is 2. The highest BCUT2D eigenvalue weighted by Gasteiger charge is 2.32. The number of aryl methyl sites for hydroxylation is 2. The third-order valence-electron chi connectivity index (χ3n) is 7.27. The van der Waals surface area contributed by atoms with Gasteiger partial charge in [-0.3, -0.25) is 19.9 Å². The van der Waals surface area contributed by atoms with Gasteiger partial charge in [-0.1, -0.05) is 23.7 Å². The van der Waals surface area contributed by atoms with E-state index < -0.39 is 5.91 Å². The molecule has 1 saturated carbocycles. The van der Waals surface area contributed by atoms with Gasteiger partial charge in [0.1, 0.15) is 24.2 Å². The normalized spacial score (nSPS) is 15.0. The van der Waals surface area contributed by atoms with Crippen molar-refractivity contribution in [1.82, 2.24) is 0 Å². The Morgan fingerprint density at radius 2 is 1.93 bits per heavy atom. The van der Waals surface area contributed by atoms with E-state index in [0.29, 0.717) is 34.0 Å². The SMILES string of the molecule is Cc1cccc(Cl)c1C(=N)/C(COc1ccc2c(c1)CCC(=O)N2c1ccc(C(=O)N=O)cc1C#N)=C(\O)C1CC1. The number of carbonyl (C=O) groups is 2. The van der Waals surface area contributed by atoms with E-state index in [4.69, 9.17) is 21.7 Å². The summed E-state index contributed by atoms with van der Waals surface area (Å²) in [6, 6.07) is 16.6. The molecule has 0 saturated heterocycles. The molecule has 1 aliphatic carbocycles. The number of ether oxygens (including phenoxy) is 1. The lowest BCUT2D eigenvalue weighted by Crippen LogP contribution is -2.31. The van der Waals surface area contributed by atoms with E-state index in [1.54, 1.807) is 24.3 Å². The molecule has 10 heteroatoms. The van der Waals surface area contributed by atoms with E-state index in [2.05, 4.69) is 5.18 Å². The summed E-state index contributed by atoms with van der Waals surface area (Å²) < 4.78 is 6.09. The first-order valence-electron chi connectivity index (χ1n) is 13.0. The average Bonchev–Trinajstić information content (AvgIpc) is 3.82. The molecule has 3 aromatic rings. The fourth-order valence-corrected chi connectivity index (χ4v) is 5.28. The van der Waals surface area contributed by atoms with Crippen molar-refractivity contribution >= 4 is 40.5 Å². The van der Waals surface area contributed by atoms with Gasteiger partial charge in [0, 0.05) is 28.6 Å². The van der Waals surface area contributed by atoms with Crippen molar-refractivity contribution in [3.63, 3.8) is 0 Å². The van der Waals surface area contributed by atoms with Crippen LogP contribution in [0.15, 0.2) is 71.1 Å². The van der Waals surface area contributed by atoms with Crippen LogP contribution in [0.5, 0.6) is 5.75 Å².